The Hall–Kier alpha value is -1.59. The molecule has 0 atom stereocenters. The second kappa shape index (κ2) is 12.4. The molecule has 0 spiro atoms. The van der Waals surface area contributed by atoms with Crippen molar-refractivity contribution in [3.63, 3.8) is 0 Å². The summed E-state index contributed by atoms with van der Waals surface area (Å²) in [6.45, 7) is 6.07. The summed E-state index contributed by atoms with van der Waals surface area (Å²) in [7, 11) is 16.5. The summed E-state index contributed by atoms with van der Waals surface area (Å²) in [5.74, 6) is -1.48. The largest absolute Gasteiger partial charge is 0.328 e. The van der Waals surface area contributed by atoms with Crippen LogP contribution in [0.15, 0.2) is 24.1 Å². The number of rotatable bonds is 2. The predicted molar refractivity (Wildman–Crippen MR) is 88.9 cm³/mol. The highest BCUT2D eigenvalue weighted by Crippen LogP contribution is 1.94. The van der Waals surface area contributed by atoms with Crippen molar-refractivity contribution in [3.8, 4) is 0 Å². The van der Waals surface area contributed by atoms with Crippen LogP contribution in [0.3, 0.4) is 0 Å². The van der Waals surface area contributed by atoms with Crippen molar-refractivity contribution in [1.29, 1.82) is 0 Å². The van der Waals surface area contributed by atoms with E-state index in [2.05, 4.69) is 13.2 Å². The van der Waals surface area contributed by atoms with Gasteiger partial charge in [0.1, 0.15) is 0 Å². The quantitative estimate of drug-likeness (QED) is 0.401. The SMILES string of the molecule is C.C.C.C=C1C(=O)NC(=O)NC1=O.[B][B]C(=C)B([B])[B]. The van der Waals surface area contributed by atoms with Gasteiger partial charge in [-0.2, -0.15) is 5.37 Å². The molecular weight excluding hydrogens is 250 g/mol. The Morgan fingerprint density at radius 3 is 1.60 bits per heavy atom. The minimum Gasteiger partial charge on any atom is -0.273 e. The Labute approximate surface area is 126 Å². The zero-order valence-electron chi connectivity index (χ0n) is 9.03. The second-order valence-electron chi connectivity index (χ2n) is 2.98. The van der Waals surface area contributed by atoms with E-state index in [1.807, 2.05) is 10.6 Å². The van der Waals surface area contributed by atoms with Crippen LogP contribution in [0.5, 0.6) is 0 Å². The maximum absolute atomic E-state index is 10.5. The normalized spacial score (nSPS) is 11.8. The van der Waals surface area contributed by atoms with Crippen molar-refractivity contribution in [2.75, 3.05) is 0 Å². The van der Waals surface area contributed by atoms with E-state index in [9.17, 15) is 14.4 Å². The van der Waals surface area contributed by atoms with E-state index in [0.717, 1.165) is 0 Å². The monoisotopic (exact) mass is 269 g/mol. The van der Waals surface area contributed by atoms with Crippen LogP contribution in [-0.4, -0.2) is 54.7 Å². The number of amides is 4. The second-order valence-corrected chi connectivity index (χ2v) is 2.98. The summed E-state index contributed by atoms with van der Waals surface area (Å²) in [4.78, 5) is 31.4. The molecule has 20 heavy (non-hydrogen) atoms. The molecule has 4 amide bonds. The molecule has 1 aliphatic rings. The van der Waals surface area contributed by atoms with E-state index in [-0.39, 0.29) is 27.9 Å². The van der Waals surface area contributed by atoms with Gasteiger partial charge in [0.25, 0.3) is 11.8 Å². The highest BCUT2D eigenvalue weighted by Gasteiger charge is 2.25. The van der Waals surface area contributed by atoms with E-state index in [1.165, 1.54) is 7.17 Å². The van der Waals surface area contributed by atoms with Crippen LogP contribution >= 0.6 is 0 Å². The van der Waals surface area contributed by atoms with E-state index in [0.29, 0.717) is 5.37 Å². The molecule has 2 N–H and O–H groups in total. The maximum Gasteiger partial charge on any atom is 0.328 e. The van der Waals surface area contributed by atoms with Crippen LogP contribution in [0.25, 0.3) is 0 Å². The standard InChI is InChI=1S/C5H4N2O3.C2H2B5.3CH4/c1-2-3(8)6-5(10)7-4(2)9;1-2(6-3)7(4)5;;;/h1H2,(H2,6,7,8,9,10);1H2;3*1H4. The zero-order chi connectivity index (χ0) is 13.6. The number of carbonyl (C=O) groups excluding carboxylic acids is 3. The number of hydrogen-bond donors (Lipinski definition) is 2. The number of carbonyl (C=O) groups is 3. The minimum atomic E-state index is -0.803. The van der Waals surface area contributed by atoms with Gasteiger partial charge in [-0.05, 0) is 0 Å². The fraction of sp³-hybridized carbons (Fsp3) is 0.300. The lowest BCUT2D eigenvalue weighted by atomic mass is 9.10. The molecular formula is C10H18B5N2O3. The first-order chi connectivity index (χ1) is 7.79. The molecule has 5 nitrogen and oxygen atoms in total. The third kappa shape index (κ3) is 9.36. The predicted octanol–water partition coefficient (Wildman–Crippen LogP) is -0.531. The molecule has 0 bridgehead atoms. The van der Waals surface area contributed by atoms with Gasteiger partial charge in [0.15, 0.2) is 0 Å². The number of nitrogens with one attached hydrogen (secondary N) is 2. The summed E-state index contributed by atoms with van der Waals surface area (Å²) in [6, 6.07) is -0.803. The molecule has 101 valence electrons. The van der Waals surface area contributed by atoms with Gasteiger partial charge in [-0.1, -0.05) is 28.9 Å². The summed E-state index contributed by atoms with van der Waals surface area (Å²) in [5.41, 5.74) is -0.250. The summed E-state index contributed by atoms with van der Waals surface area (Å²) >= 11 is 0. The van der Waals surface area contributed by atoms with E-state index < -0.39 is 24.3 Å². The Bertz CT molecular complexity index is 363. The van der Waals surface area contributed by atoms with Crippen LogP contribution in [0, 0.1) is 0 Å². The molecule has 1 rings (SSSR count). The summed E-state index contributed by atoms with van der Waals surface area (Å²) in [5, 5.41) is 4.26. The van der Waals surface area contributed by atoms with Gasteiger partial charge in [-0.25, -0.2) is 4.79 Å². The van der Waals surface area contributed by atoms with Crippen molar-refractivity contribution < 1.29 is 14.4 Å². The van der Waals surface area contributed by atoms with Gasteiger partial charge in [0.05, 0.1) is 19.2 Å². The molecule has 0 aromatic heterocycles. The van der Waals surface area contributed by atoms with Crippen molar-refractivity contribution >= 4 is 54.7 Å². The first-order valence-electron chi connectivity index (χ1n) is 4.40. The molecule has 1 heterocycles. The van der Waals surface area contributed by atoms with Gasteiger partial charge in [0, 0.05) is 23.2 Å². The van der Waals surface area contributed by atoms with Crippen molar-refractivity contribution in [2.45, 2.75) is 22.3 Å². The maximum atomic E-state index is 10.5. The van der Waals surface area contributed by atoms with Crippen LogP contribution < -0.4 is 10.6 Å². The Balaban J connectivity index is -0.000000117. The lowest BCUT2D eigenvalue weighted by molar-refractivity contribution is -0.123. The van der Waals surface area contributed by atoms with Crippen molar-refractivity contribution in [1.82, 2.24) is 10.6 Å². The molecule has 1 aliphatic heterocycles. The molecule has 0 aromatic rings. The van der Waals surface area contributed by atoms with Gasteiger partial charge >= 0.3 is 6.03 Å². The van der Waals surface area contributed by atoms with E-state index in [4.69, 9.17) is 23.2 Å². The third-order valence-corrected chi connectivity index (χ3v) is 1.64. The van der Waals surface area contributed by atoms with Crippen LogP contribution in [0.1, 0.15) is 22.3 Å². The zero-order valence-corrected chi connectivity index (χ0v) is 9.03. The van der Waals surface area contributed by atoms with E-state index >= 15 is 0 Å². The average Bonchev–Trinajstić information content (AvgIpc) is 2.25. The third-order valence-electron chi connectivity index (χ3n) is 1.64. The number of imide groups is 2. The Morgan fingerprint density at radius 2 is 1.40 bits per heavy atom. The topological polar surface area (TPSA) is 75.3 Å². The lowest BCUT2D eigenvalue weighted by Gasteiger charge is -2.11. The van der Waals surface area contributed by atoms with Gasteiger partial charge in [-0.3, -0.25) is 20.2 Å². The molecule has 0 aromatic carbocycles. The van der Waals surface area contributed by atoms with Crippen molar-refractivity contribution in [3.05, 3.63) is 24.1 Å². The smallest absolute Gasteiger partial charge is 0.273 e. The summed E-state index contributed by atoms with van der Waals surface area (Å²) < 4.78 is 0. The lowest BCUT2D eigenvalue weighted by Crippen LogP contribution is -2.51. The first kappa shape index (κ1) is 26.9. The Morgan fingerprint density at radius 1 is 1.05 bits per heavy atom. The van der Waals surface area contributed by atoms with Crippen LogP contribution in [-0.2, 0) is 9.59 Å². The van der Waals surface area contributed by atoms with Crippen LogP contribution in [0.2, 0.25) is 0 Å². The molecule has 0 unspecified atom stereocenters. The minimum absolute atomic E-state index is 0. The summed E-state index contributed by atoms with van der Waals surface area (Å²) in [6.07, 6.45) is 0. The van der Waals surface area contributed by atoms with Gasteiger partial charge in [-0.15, -0.1) is 6.58 Å². The Kier molecular flexibility index (Phi) is 16.7. The van der Waals surface area contributed by atoms with Crippen molar-refractivity contribution in [2.24, 2.45) is 0 Å². The number of urea groups is 1. The number of hydrogen-bond acceptors (Lipinski definition) is 3. The number of barbiturate groups is 1. The highest BCUT2D eigenvalue weighted by atomic mass is 16.2. The molecule has 0 aliphatic carbocycles. The fourth-order valence-corrected chi connectivity index (χ4v) is 0.603. The fourth-order valence-electron chi connectivity index (χ4n) is 0.603. The van der Waals surface area contributed by atoms with E-state index in [1.54, 1.807) is 0 Å². The van der Waals surface area contributed by atoms with Gasteiger partial charge in [0.2, 0.25) is 0 Å². The first-order valence-corrected chi connectivity index (χ1v) is 4.40. The molecule has 0 saturated carbocycles. The molecule has 1 saturated heterocycles. The molecule has 1 fully saturated rings. The molecule has 10 heteroatoms. The van der Waals surface area contributed by atoms with Gasteiger partial charge < -0.3 is 0 Å². The van der Waals surface area contributed by atoms with Crippen LogP contribution in [0.4, 0.5) is 4.79 Å². The highest BCUT2D eigenvalue weighted by molar-refractivity contribution is 7.37. The average molecular weight is 268 g/mol. The molecule has 7 radical (unpaired) electrons.